The van der Waals surface area contributed by atoms with Crippen molar-refractivity contribution in [3.63, 3.8) is 0 Å². The minimum absolute atomic E-state index is 0.488. The first-order chi connectivity index (χ1) is 7.78. The molecule has 16 heavy (non-hydrogen) atoms. The molecule has 1 aromatic carbocycles. The van der Waals surface area contributed by atoms with E-state index in [0.717, 1.165) is 22.3 Å². The summed E-state index contributed by atoms with van der Waals surface area (Å²) in [5, 5.41) is 3.07. The van der Waals surface area contributed by atoms with E-state index in [-0.39, 0.29) is 0 Å². The van der Waals surface area contributed by atoms with Crippen LogP contribution in [0.5, 0.6) is 0 Å². The lowest BCUT2D eigenvalue weighted by atomic mass is 10.3. The van der Waals surface area contributed by atoms with Gasteiger partial charge in [0.05, 0.1) is 5.69 Å². The molecule has 0 aliphatic carbocycles. The van der Waals surface area contributed by atoms with E-state index >= 15 is 0 Å². The molecule has 0 saturated carbocycles. The van der Waals surface area contributed by atoms with Gasteiger partial charge in [-0.1, -0.05) is 22.0 Å². The minimum atomic E-state index is 0.488. The Kier molecular flexibility index (Phi) is 3.58. The third-order valence-electron chi connectivity index (χ3n) is 2.03. The highest BCUT2D eigenvalue weighted by atomic mass is 79.9. The van der Waals surface area contributed by atoms with Crippen LogP contribution in [0.2, 0.25) is 0 Å². The SMILES string of the molecule is NCCc1coc(Nc2cccc(Br)c2)n1. The zero-order valence-electron chi connectivity index (χ0n) is 8.61. The van der Waals surface area contributed by atoms with Gasteiger partial charge in [-0.2, -0.15) is 4.98 Å². The van der Waals surface area contributed by atoms with Crippen LogP contribution < -0.4 is 11.1 Å². The van der Waals surface area contributed by atoms with Gasteiger partial charge < -0.3 is 15.5 Å². The van der Waals surface area contributed by atoms with E-state index in [9.17, 15) is 0 Å². The second-order valence-corrected chi connectivity index (χ2v) is 4.23. The number of halogens is 1. The van der Waals surface area contributed by atoms with Crippen LogP contribution in [-0.4, -0.2) is 11.5 Å². The number of benzene rings is 1. The molecule has 2 rings (SSSR count). The van der Waals surface area contributed by atoms with Crippen LogP contribution >= 0.6 is 15.9 Å². The summed E-state index contributed by atoms with van der Waals surface area (Å²) >= 11 is 3.40. The van der Waals surface area contributed by atoms with Crippen LogP contribution in [0, 0.1) is 0 Å². The zero-order chi connectivity index (χ0) is 11.4. The van der Waals surface area contributed by atoms with Crippen molar-refractivity contribution in [2.24, 2.45) is 5.73 Å². The molecule has 0 radical (unpaired) electrons. The first-order valence-electron chi connectivity index (χ1n) is 4.95. The van der Waals surface area contributed by atoms with E-state index in [1.807, 2.05) is 24.3 Å². The number of anilines is 2. The van der Waals surface area contributed by atoms with Crippen LogP contribution in [0.15, 0.2) is 39.4 Å². The molecule has 0 atom stereocenters. The fourth-order valence-electron chi connectivity index (χ4n) is 1.32. The standard InChI is InChI=1S/C11H12BrN3O/c12-8-2-1-3-9(6-8)14-11-15-10(4-5-13)7-16-11/h1-3,6-7H,4-5,13H2,(H,14,15). The van der Waals surface area contributed by atoms with E-state index in [4.69, 9.17) is 10.2 Å². The number of nitrogens with one attached hydrogen (secondary N) is 1. The minimum Gasteiger partial charge on any atom is -0.432 e. The van der Waals surface area contributed by atoms with Crippen molar-refractivity contribution >= 4 is 27.6 Å². The van der Waals surface area contributed by atoms with Gasteiger partial charge in [-0.15, -0.1) is 0 Å². The highest BCUT2D eigenvalue weighted by Crippen LogP contribution is 2.19. The van der Waals surface area contributed by atoms with Gasteiger partial charge in [0.1, 0.15) is 6.26 Å². The number of nitrogens with zero attached hydrogens (tertiary/aromatic N) is 1. The van der Waals surface area contributed by atoms with Crippen molar-refractivity contribution in [2.75, 3.05) is 11.9 Å². The quantitative estimate of drug-likeness (QED) is 0.905. The second-order valence-electron chi connectivity index (χ2n) is 3.32. The summed E-state index contributed by atoms with van der Waals surface area (Å²) < 4.78 is 6.27. The van der Waals surface area contributed by atoms with Gasteiger partial charge >= 0.3 is 0 Å². The normalized spacial score (nSPS) is 10.4. The first kappa shape index (κ1) is 11.2. The Balaban J connectivity index is 2.08. The molecule has 0 unspecified atom stereocenters. The molecule has 0 saturated heterocycles. The molecule has 0 aliphatic rings. The molecule has 0 bridgehead atoms. The lowest BCUT2D eigenvalue weighted by Gasteiger charge is -2.01. The highest BCUT2D eigenvalue weighted by Gasteiger charge is 2.03. The third-order valence-corrected chi connectivity index (χ3v) is 2.52. The van der Waals surface area contributed by atoms with Crippen molar-refractivity contribution in [3.05, 3.63) is 40.7 Å². The number of rotatable bonds is 4. The second kappa shape index (κ2) is 5.14. The molecular formula is C11H12BrN3O. The summed E-state index contributed by atoms with van der Waals surface area (Å²) in [6, 6.07) is 8.28. The molecular weight excluding hydrogens is 270 g/mol. The Morgan fingerprint density at radius 2 is 2.31 bits per heavy atom. The molecule has 1 aromatic heterocycles. The highest BCUT2D eigenvalue weighted by molar-refractivity contribution is 9.10. The van der Waals surface area contributed by atoms with Gasteiger partial charge in [0.2, 0.25) is 0 Å². The van der Waals surface area contributed by atoms with Gasteiger partial charge in [0, 0.05) is 16.6 Å². The van der Waals surface area contributed by atoms with Gasteiger partial charge in [-0.25, -0.2) is 0 Å². The van der Waals surface area contributed by atoms with Crippen LogP contribution in [-0.2, 0) is 6.42 Å². The van der Waals surface area contributed by atoms with Gasteiger partial charge in [0.25, 0.3) is 6.01 Å². The van der Waals surface area contributed by atoms with Crippen LogP contribution in [0.1, 0.15) is 5.69 Å². The van der Waals surface area contributed by atoms with Crippen molar-refractivity contribution in [2.45, 2.75) is 6.42 Å². The average molecular weight is 282 g/mol. The van der Waals surface area contributed by atoms with Crippen LogP contribution in [0.4, 0.5) is 11.7 Å². The molecule has 2 aromatic rings. The van der Waals surface area contributed by atoms with Crippen LogP contribution in [0.3, 0.4) is 0 Å². The summed E-state index contributed by atoms with van der Waals surface area (Å²) in [7, 11) is 0. The Bertz CT molecular complexity index is 470. The largest absolute Gasteiger partial charge is 0.432 e. The molecule has 0 aliphatic heterocycles. The monoisotopic (exact) mass is 281 g/mol. The number of hydrogen-bond acceptors (Lipinski definition) is 4. The zero-order valence-corrected chi connectivity index (χ0v) is 10.2. The van der Waals surface area contributed by atoms with E-state index in [1.165, 1.54) is 0 Å². The summed E-state index contributed by atoms with van der Waals surface area (Å²) in [6.45, 7) is 0.572. The van der Waals surface area contributed by atoms with Crippen molar-refractivity contribution in [1.82, 2.24) is 4.98 Å². The molecule has 84 valence electrons. The Morgan fingerprint density at radius 3 is 3.06 bits per heavy atom. The molecule has 5 heteroatoms. The van der Waals surface area contributed by atoms with Gasteiger partial charge in [0.15, 0.2) is 0 Å². The lowest BCUT2D eigenvalue weighted by Crippen LogP contribution is -2.02. The van der Waals surface area contributed by atoms with Crippen molar-refractivity contribution in [3.8, 4) is 0 Å². The maximum atomic E-state index is 5.43. The molecule has 0 fully saturated rings. The van der Waals surface area contributed by atoms with E-state index in [1.54, 1.807) is 6.26 Å². The van der Waals surface area contributed by atoms with Crippen molar-refractivity contribution < 1.29 is 4.42 Å². The Labute approximate surface area is 102 Å². The average Bonchev–Trinajstić information content (AvgIpc) is 2.66. The Morgan fingerprint density at radius 1 is 1.44 bits per heavy atom. The number of aromatic nitrogens is 1. The summed E-state index contributed by atoms with van der Waals surface area (Å²) in [4.78, 5) is 4.25. The topological polar surface area (TPSA) is 64.1 Å². The van der Waals surface area contributed by atoms with E-state index < -0.39 is 0 Å². The lowest BCUT2D eigenvalue weighted by molar-refractivity contribution is 0.575. The maximum absolute atomic E-state index is 5.43. The van der Waals surface area contributed by atoms with Gasteiger partial charge in [-0.05, 0) is 24.7 Å². The number of hydrogen-bond donors (Lipinski definition) is 2. The van der Waals surface area contributed by atoms with E-state index in [2.05, 4.69) is 26.2 Å². The third kappa shape index (κ3) is 2.84. The molecule has 0 spiro atoms. The molecule has 3 N–H and O–H groups in total. The van der Waals surface area contributed by atoms with E-state index in [0.29, 0.717) is 12.6 Å². The predicted molar refractivity (Wildman–Crippen MR) is 66.7 cm³/mol. The smallest absolute Gasteiger partial charge is 0.299 e. The number of oxazole rings is 1. The number of nitrogens with two attached hydrogens (primary N) is 1. The molecule has 1 heterocycles. The summed E-state index contributed by atoms with van der Waals surface area (Å²) in [5.74, 6) is 0. The van der Waals surface area contributed by atoms with Crippen LogP contribution in [0.25, 0.3) is 0 Å². The fourth-order valence-corrected chi connectivity index (χ4v) is 1.72. The summed E-state index contributed by atoms with van der Waals surface area (Å²) in [6.07, 6.45) is 2.34. The summed E-state index contributed by atoms with van der Waals surface area (Å²) in [5.41, 5.74) is 7.22. The van der Waals surface area contributed by atoms with Gasteiger partial charge in [-0.3, -0.25) is 0 Å². The first-order valence-corrected chi connectivity index (χ1v) is 5.74. The Hall–Kier alpha value is -1.33. The maximum Gasteiger partial charge on any atom is 0.299 e. The fraction of sp³-hybridized carbons (Fsp3) is 0.182. The predicted octanol–water partition coefficient (Wildman–Crippen LogP) is 2.68. The van der Waals surface area contributed by atoms with Crippen molar-refractivity contribution in [1.29, 1.82) is 0 Å². The molecule has 4 nitrogen and oxygen atoms in total. The molecule has 0 amide bonds.